The first-order chi connectivity index (χ1) is 11.4. The summed E-state index contributed by atoms with van der Waals surface area (Å²) in [5, 5.41) is 9.26. The van der Waals surface area contributed by atoms with Crippen molar-refractivity contribution in [3.05, 3.63) is 46.0 Å². The van der Waals surface area contributed by atoms with Crippen LogP contribution in [0.1, 0.15) is 30.4 Å². The Kier molecular flexibility index (Phi) is 4.45. The van der Waals surface area contributed by atoms with Crippen molar-refractivity contribution in [3.8, 4) is 5.75 Å². The van der Waals surface area contributed by atoms with Gasteiger partial charge in [-0.3, -0.25) is 4.79 Å². The summed E-state index contributed by atoms with van der Waals surface area (Å²) in [4.78, 5) is 22.7. The van der Waals surface area contributed by atoms with Crippen LogP contribution in [-0.4, -0.2) is 23.5 Å². The maximum atomic E-state index is 11.9. The van der Waals surface area contributed by atoms with Crippen molar-refractivity contribution in [2.45, 2.75) is 25.7 Å². The number of halogens is 2. The van der Waals surface area contributed by atoms with Crippen molar-refractivity contribution in [1.29, 1.82) is 0 Å². The second-order valence-electron chi connectivity index (χ2n) is 6.19. The van der Waals surface area contributed by atoms with Gasteiger partial charge in [0, 0.05) is 17.4 Å². The molecule has 1 N–H and O–H groups in total. The smallest absolute Gasteiger partial charge is 0.341 e. The minimum absolute atomic E-state index is 0.0796. The first-order valence-corrected chi connectivity index (χ1v) is 8.35. The van der Waals surface area contributed by atoms with Gasteiger partial charge >= 0.3 is 5.97 Å². The van der Waals surface area contributed by atoms with Gasteiger partial charge in [-0.25, -0.2) is 4.79 Å². The molecule has 0 fully saturated rings. The van der Waals surface area contributed by atoms with Crippen LogP contribution in [0.15, 0.2) is 24.8 Å². The maximum absolute atomic E-state index is 11.9. The van der Waals surface area contributed by atoms with Crippen LogP contribution in [0.3, 0.4) is 0 Å². The number of carboxylic acid groups (broad SMARTS) is 1. The van der Waals surface area contributed by atoms with Crippen LogP contribution < -0.4 is 4.74 Å². The second-order valence-corrected chi connectivity index (χ2v) is 6.95. The van der Waals surface area contributed by atoms with Crippen molar-refractivity contribution < 1.29 is 19.4 Å². The molecule has 0 bridgehead atoms. The molecule has 3 rings (SSSR count). The van der Waals surface area contributed by atoms with Gasteiger partial charge in [-0.15, -0.1) is 6.58 Å². The van der Waals surface area contributed by atoms with E-state index in [1.54, 1.807) is 12.1 Å². The fourth-order valence-electron chi connectivity index (χ4n) is 3.66. The zero-order chi connectivity index (χ0) is 17.5. The molecule has 1 aromatic rings. The van der Waals surface area contributed by atoms with Crippen LogP contribution in [0.2, 0.25) is 10.0 Å². The molecule has 0 saturated carbocycles. The number of carbonyl (C=O) groups excluding carboxylic acids is 1. The zero-order valence-corrected chi connectivity index (χ0v) is 14.4. The van der Waals surface area contributed by atoms with E-state index in [2.05, 4.69) is 6.58 Å². The lowest BCUT2D eigenvalue weighted by atomic mass is 9.70. The van der Waals surface area contributed by atoms with E-state index in [0.717, 1.165) is 29.5 Å². The molecule has 0 heterocycles. The topological polar surface area (TPSA) is 63.6 Å². The van der Waals surface area contributed by atoms with Gasteiger partial charge in [0.05, 0.1) is 5.02 Å². The van der Waals surface area contributed by atoms with E-state index in [4.69, 9.17) is 33.0 Å². The number of ketones is 1. The summed E-state index contributed by atoms with van der Waals surface area (Å²) in [6.45, 7) is 3.34. The molecule has 0 radical (unpaired) electrons. The number of allylic oxidation sites excluding steroid dienone is 3. The number of aliphatic carboxylic acids is 1. The Balaban J connectivity index is 2.11. The minimum Gasteiger partial charge on any atom is -0.480 e. The normalized spacial score (nSPS) is 21.8. The number of benzene rings is 1. The molecule has 24 heavy (non-hydrogen) atoms. The highest BCUT2D eigenvalue weighted by Crippen LogP contribution is 2.57. The van der Waals surface area contributed by atoms with Crippen molar-refractivity contribution in [1.82, 2.24) is 0 Å². The monoisotopic (exact) mass is 366 g/mol. The lowest BCUT2D eigenvalue weighted by molar-refractivity contribution is -0.139. The van der Waals surface area contributed by atoms with E-state index in [-0.39, 0.29) is 22.0 Å². The van der Waals surface area contributed by atoms with Gasteiger partial charge in [-0.1, -0.05) is 29.3 Å². The van der Waals surface area contributed by atoms with Crippen molar-refractivity contribution in [2.75, 3.05) is 6.61 Å². The van der Waals surface area contributed by atoms with Crippen LogP contribution >= 0.6 is 23.2 Å². The molecule has 0 spiro atoms. The maximum Gasteiger partial charge on any atom is 0.341 e. The summed E-state index contributed by atoms with van der Waals surface area (Å²) in [5.41, 5.74) is 2.41. The van der Waals surface area contributed by atoms with E-state index in [9.17, 15) is 9.59 Å². The molecule has 0 saturated heterocycles. The van der Waals surface area contributed by atoms with Crippen molar-refractivity contribution in [2.24, 2.45) is 5.41 Å². The fraction of sp³-hybridized carbons (Fsp3) is 0.333. The van der Waals surface area contributed by atoms with Gasteiger partial charge in [0.25, 0.3) is 0 Å². The number of hydrogen-bond donors (Lipinski definition) is 1. The highest BCUT2D eigenvalue weighted by molar-refractivity contribution is 6.44. The molecular formula is C18H16Cl2O4. The van der Waals surface area contributed by atoms with E-state index in [1.165, 1.54) is 0 Å². The Labute approximate surface area is 149 Å². The van der Waals surface area contributed by atoms with Gasteiger partial charge in [-0.05, 0) is 42.5 Å². The molecule has 0 aliphatic heterocycles. The standard InChI is InChI=1S/C18H16Cl2O4/c1-2-4-18-5-3-11(21)7-12(18)15-10(8-18)6-13(16(19)17(15)20)24-9-14(22)23/h2,6-7H,1,3-5,8-9H2,(H,22,23). The highest BCUT2D eigenvalue weighted by atomic mass is 35.5. The summed E-state index contributed by atoms with van der Waals surface area (Å²) in [5.74, 6) is -0.758. The fourth-order valence-corrected chi connectivity index (χ4v) is 4.18. The summed E-state index contributed by atoms with van der Waals surface area (Å²) in [7, 11) is 0. The quantitative estimate of drug-likeness (QED) is 0.788. The third-order valence-electron chi connectivity index (χ3n) is 4.67. The Morgan fingerprint density at radius 3 is 2.83 bits per heavy atom. The minimum atomic E-state index is -1.09. The third kappa shape index (κ3) is 2.74. The summed E-state index contributed by atoms with van der Waals surface area (Å²) >= 11 is 12.7. The summed E-state index contributed by atoms with van der Waals surface area (Å²) in [6, 6.07) is 1.74. The molecule has 1 atom stereocenters. The Bertz CT molecular complexity index is 782. The van der Waals surface area contributed by atoms with Gasteiger partial charge in [0.15, 0.2) is 12.4 Å². The first kappa shape index (κ1) is 17.1. The number of carboxylic acids is 1. The Hall–Kier alpha value is -1.78. The summed E-state index contributed by atoms with van der Waals surface area (Å²) < 4.78 is 5.25. The Morgan fingerprint density at radius 1 is 1.42 bits per heavy atom. The lowest BCUT2D eigenvalue weighted by Crippen LogP contribution is -2.25. The van der Waals surface area contributed by atoms with Crippen LogP contribution in [-0.2, 0) is 16.0 Å². The molecule has 1 unspecified atom stereocenters. The number of ether oxygens (including phenoxy) is 1. The second kappa shape index (κ2) is 6.26. The number of carbonyl (C=O) groups is 2. The molecule has 0 amide bonds. The first-order valence-electron chi connectivity index (χ1n) is 7.60. The molecule has 126 valence electrons. The van der Waals surface area contributed by atoms with Crippen molar-refractivity contribution >= 4 is 40.5 Å². The number of fused-ring (bicyclic) bond motifs is 3. The average Bonchev–Trinajstić information content (AvgIpc) is 2.83. The van der Waals surface area contributed by atoms with Gasteiger partial charge < -0.3 is 9.84 Å². The van der Waals surface area contributed by atoms with E-state index in [0.29, 0.717) is 17.9 Å². The van der Waals surface area contributed by atoms with Gasteiger partial charge in [-0.2, -0.15) is 0 Å². The molecule has 2 aliphatic carbocycles. The van der Waals surface area contributed by atoms with Gasteiger partial charge in [0.1, 0.15) is 10.8 Å². The molecule has 2 aliphatic rings. The van der Waals surface area contributed by atoms with E-state index in [1.807, 2.05) is 6.08 Å². The van der Waals surface area contributed by atoms with Gasteiger partial charge in [0.2, 0.25) is 0 Å². The lowest BCUT2D eigenvalue weighted by Gasteiger charge is -2.32. The largest absolute Gasteiger partial charge is 0.480 e. The molecule has 1 aromatic carbocycles. The molecule has 4 nitrogen and oxygen atoms in total. The molecule has 0 aromatic heterocycles. The van der Waals surface area contributed by atoms with Crippen molar-refractivity contribution in [3.63, 3.8) is 0 Å². The van der Waals surface area contributed by atoms with Crippen LogP contribution in [0.5, 0.6) is 5.75 Å². The van der Waals surface area contributed by atoms with E-state index >= 15 is 0 Å². The number of rotatable bonds is 5. The zero-order valence-electron chi connectivity index (χ0n) is 12.9. The van der Waals surface area contributed by atoms with Crippen LogP contribution in [0.4, 0.5) is 0 Å². The molecular weight excluding hydrogens is 351 g/mol. The average molecular weight is 367 g/mol. The Morgan fingerprint density at radius 2 is 2.17 bits per heavy atom. The number of hydrogen-bond acceptors (Lipinski definition) is 3. The van der Waals surface area contributed by atoms with Crippen LogP contribution in [0.25, 0.3) is 5.57 Å². The predicted molar refractivity (Wildman–Crippen MR) is 92.8 cm³/mol. The molecule has 6 heteroatoms. The summed E-state index contributed by atoms with van der Waals surface area (Å²) in [6.07, 6.45) is 6.19. The third-order valence-corrected chi connectivity index (χ3v) is 5.52. The van der Waals surface area contributed by atoms with E-state index < -0.39 is 12.6 Å². The highest BCUT2D eigenvalue weighted by Gasteiger charge is 2.45. The van der Waals surface area contributed by atoms with Crippen LogP contribution in [0, 0.1) is 5.41 Å². The SMILES string of the molecule is C=CCC12CCC(=O)C=C1c1c(cc(OCC(=O)O)c(Cl)c1Cl)C2. The predicted octanol–water partition coefficient (Wildman–Crippen LogP) is 4.32.